The van der Waals surface area contributed by atoms with Crippen molar-refractivity contribution in [3.05, 3.63) is 60.5 Å². The SMILES string of the molecule is COc1ccccc1-c1noc(C2CCCN(C(=O)COc3ccccc3)C2)n1. The van der Waals surface area contributed by atoms with Crippen LogP contribution in [0.4, 0.5) is 0 Å². The van der Waals surface area contributed by atoms with Gasteiger partial charge in [-0.15, -0.1) is 0 Å². The third-order valence-electron chi connectivity index (χ3n) is 5.02. The van der Waals surface area contributed by atoms with Crippen molar-refractivity contribution in [2.75, 3.05) is 26.8 Å². The van der Waals surface area contributed by atoms with Gasteiger partial charge in [0.15, 0.2) is 6.61 Å². The van der Waals surface area contributed by atoms with E-state index in [4.69, 9.17) is 14.0 Å². The van der Waals surface area contributed by atoms with Crippen LogP contribution in [0.25, 0.3) is 11.4 Å². The zero-order chi connectivity index (χ0) is 20.1. The summed E-state index contributed by atoms with van der Waals surface area (Å²) in [6, 6.07) is 16.9. The highest BCUT2D eigenvalue weighted by Crippen LogP contribution is 2.31. The molecule has 0 saturated carbocycles. The number of amides is 1. The van der Waals surface area contributed by atoms with E-state index in [2.05, 4.69) is 10.1 Å². The Labute approximate surface area is 169 Å². The number of ether oxygens (including phenoxy) is 2. The lowest BCUT2D eigenvalue weighted by molar-refractivity contribution is -0.134. The third kappa shape index (κ3) is 4.39. The first kappa shape index (κ1) is 19.0. The molecule has 2 aromatic carbocycles. The van der Waals surface area contributed by atoms with Crippen LogP contribution < -0.4 is 9.47 Å². The maximum atomic E-state index is 12.6. The van der Waals surface area contributed by atoms with Crippen LogP contribution in [0.1, 0.15) is 24.7 Å². The minimum atomic E-state index is -0.0389. The van der Waals surface area contributed by atoms with Crippen molar-refractivity contribution in [1.29, 1.82) is 0 Å². The third-order valence-corrected chi connectivity index (χ3v) is 5.02. The van der Waals surface area contributed by atoms with E-state index in [0.717, 1.165) is 18.4 Å². The number of rotatable bonds is 6. The second-order valence-electron chi connectivity index (χ2n) is 6.94. The highest BCUT2D eigenvalue weighted by molar-refractivity contribution is 5.78. The van der Waals surface area contributed by atoms with Crippen LogP contribution in [0.5, 0.6) is 11.5 Å². The van der Waals surface area contributed by atoms with E-state index in [0.29, 0.717) is 36.3 Å². The van der Waals surface area contributed by atoms with E-state index >= 15 is 0 Å². The number of carbonyl (C=O) groups is 1. The van der Waals surface area contributed by atoms with Gasteiger partial charge in [-0.05, 0) is 37.1 Å². The fraction of sp³-hybridized carbons (Fsp3) is 0.318. The van der Waals surface area contributed by atoms with E-state index in [1.54, 1.807) is 7.11 Å². The van der Waals surface area contributed by atoms with Crippen LogP contribution in [0, 0.1) is 0 Å². The van der Waals surface area contributed by atoms with Crippen LogP contribution in [0.3, 0.4) is 0 Å². The summed E-state index contributed by atoms with van der Waals surface area (Å²) < 4.78 is 16.5. The summed E-state index contributed by atoms with van der Waals surface area (Å²) in [5, 5.41) is 4.12. The quantitative estimate of drug-likeness (QED) is 0.638. The summed E-state index contributed by atoms with van der Waals surface area (Å²) in [5.74, 6) is 2.40. The summed E-state index contributed by atoms with van der Waals surface area (Å²) in [5.41, 5.74) is 0.782. The second-order valence-corrected chi connectivity index (χ2v) is 6.94. The Hall–Kier alpha value is -3.35. The Bertz CT molecular complexity index is 957. The van der Waals surface area contributed by atoms with Crippen molar-refractivity contribution < 1.29 is 18.8 Å². The number of likely N-dealkylation sites (tertiary alicyclic amines) is 1. The molecule has 0 bridgehead atoms. The number of hydrogen-bond acceptors (Lipinski definition) is 6. The predicted octanol–water partition coefficient (Wildman–Crippen LogP) is 3.53. The van der Waals surface area contributed by atoms with Gasteiger partial charge < -0.3 is 18.9 Å². The Morgan fingerprint density at radius 2 is 1.97 bits per heavy atom. The van der Waals surface area contributed by atoms with E-state index in [1.165, 1.54) is 0 Å². The number of carbonyl (C=O) groups excluding carboxylic acids is 1. The van der Waals surface area contributed by atoms with Crippen molar-refractivity contribution in [2.45, 2.75) is 18.8 Å². The standard InChI is InChI=1S/C22H23N3O4/c1-27-19-12-6-5-11-18(19)21-23-22(29-24-21)16-8-7-13-25(14-16)20(26)15-28-17-9-3-2-4-10-17/h2-6,9-12,16H,7-8,13-15H2,1H3. The molecule has 0 aliphatic carbocycles. The van der Waals surface area contributed by atoms with Crippen LogP contribution in [0.2, 0.25) is 0 Å². The average molecular weight is 393 g/mol. The predicted molar refractivity (Wildman–Crippen MR) is 107 cm³/mol. The summed E-state index contributed by atoms with van der Waals surface area (Å²) in [6.45, 7) is 1.28. The minimum Gasteiger partial charge on any atom is -0.496 e. The molecule has 1 fully saturated rings. The van der Waals surface area contributed by atoms with Crippen molar-refractivity contribution in [3.8, 4) is 22.9 Å². The maximum Gasteiger partial charge on any atom is 0.260 e. The highest BCUT2D eigenvalue weighted by atomic mass is 16.5. The first-order valence-electron chi connectivity index (χ1n) is 9.67. The molecule has 0 N–H and O–H groups in total. The van der Waals surface area contributed by atoms with Gasteiger partial charge in [0.05, 0.1) is 18.6 Å². The summed E-state index contributed by atoms with van der Waals surface area (Å²) in [7, 11) is 1.61. The molecule has 1 aliphatic rings. The molecule has 1 unspecified atom stereocenters. The summed E-state index contributed by atoms with van der Waals surface area (Å²) in [6.07, 6.45) is 1.78. The number of nitrogens with zero attached hydrogens (tertiary/aromatic N) is 3. The molecular formula is C22H23N3O4. The Morgan fingerprint density at radius 3 is 2.79 bits per heavy atom. The number of methoxy groups -OCH3 is 1. The van der Waals surface area contributed by atoms with Gasteiger partial charge in [-0.1, -0.05) is 35.5 Å². The number of benzene rings is 2. The van der Waals surface area contributed by atoms with Crippen LogP contribution in [-0.4, -0.2) is 47.8 Å². The van der Waals surface area contributed by atoms with Gasteiger partial charge >= 0.3 is 0 Å². The zero-order valence-corrected chi connectivity index (χ0v) is 16.3. The molecule has 1 saturated heterocycles. The largest absolute Gasteiger partial charge is 0.496 e. The smallest absolute Gasteiger partial charge is 0.260 e. The fourth-order valence-corrected chi connectivity index (χ4v) is 3.50. The molecule has 7 heteroatoms. The van der Waals surface area contributed by atoms with Crippen LogP contribution in [-0.2, 0) is 4.79 Å². The Morgan fingerprint density at radius 1 is 1.17 bits per heavy atom. The van der Waals surface area contributed by atoms with E-state index in [1.807, 2.05) is 59.5 Å². The molecular weight excluding hydrogens is 370 g/mol. The molecule has 1 atom stereocenters. The molecule has 0 radical (unpaired) electrons. The molecule has 2 heterocycles. The van der Waals surface area contributed by atoms with Crippen molar-refractivity contribution >= 4 is 5.91 Å². The normalized spacial score (nSPS) is 16.4. The second kappa shape index (κ2) is 8.77. The van der Waals surface area contributed by atoms with Gasteiger partial charge in [-0.2, -0.15) is 4.98 Å². The van der Waals surface area contributed by atoms with Gasteiger partial charge in [0.25, 0.3) is 5.91 Å². The van der Waals surface area contributed by atoms with Gasteiger partial charge in [0.1, 0.15) is 11.5 Å². The lowest BCUT2D eigenvalue weighted by Crippen LogP contribution is -2.41. The summed E-state index contributed by atoms with van der Waals surface area (Å²) >= 11 is 0. The number of piperidine rings is 1. The molecule has 4 rings (SSSR count). The molecule has 150 valence electrons. The van der Waals surface area contributed by atoms with Crippen molar-refractivity contribution in [2.24, 2.45) is 0 Å². The minimum absolute atomic E-state index is 0.0142. The Kier molecular flexibility index (Phi) is 5.74. The van der Waals surface area contributed by atoms with Gasteiger partial charge in [-0.25, -0.2) is 0 Å². The number of aromatic nitrogens is 2. The molecule has 0 spiro atoms. The lowest BCUT2D eigenvalue weighted by atomic mass is 9.98. The molecule has 1 aromatic heterocycles. The topological polar surface area (TPSA) is 77.7 Å². The highest BCUT2D eigenvalue weighted by Gasteiger charge is 2.29. The monoisotopic (exact) mass is 393 g/mol. The first-order valence-corrected chi connectivity index (χ1v) is 9.67. The molecule has 29 heavy (non-hydrogen) atoms. The lowest BCUT2D eigenvalue weighted by Gasteiger charge is -2.30. The van der Waals surface area contributed by atoms with Crippen molar-refractivity contribution in [1.82, 2.24) is 15.0 Å². The van der Waals surface area contributed by atoms with Crippen molar-refractivity contribution in [3.63, 3.8) is 0 Å². The van der Waals surface area contributed by atoms with Gasteiger partial charge in [0, 0.05) is 13.1 Å². The van der Waals surface area contributed by atoms with Crippen LogP contribution in [0.15, 0.2) is 59.1 Å². The molecule has 7 nitrogen and oxygen atoms in total. The van der Waals surface area contributed by atoms with Gasteiger partial charge in [0.2, 0.25) is 11.7 Å². The van der Waals surface area contributed by atoms with E-state index in [-0.39, 0.29) is 18.4 Å². The Balaban J connectivity index is 1.41. The number of hydrogen-bond donors (Lipinski definition) is 0. The maximum absolute atomic E-state index is 12.6. The van der Waals surface area contributed by atoms with Crippen LogP contribution >= 0.6 is 0 Å². The van der Waals surface area contributed by atoms with E-state index in [9.17, 15) is 4.79 Å². The molecule has 1 amide bonds. The van der Waals surface area contributed by atoms with E-state index < -0.39 is 0 Å². The number of para-hydroxylation sites is 2. The fourth-order valence-electron chi connectivity index (χ4n) is 3.50. The zero-order valence-electron chi connectivity index (χ0n) is 16.3. The van der Waals surface area contributed by atoms with Gasteiger partial charge in [-0.3, -0.25) is 4.79 Å². The first-order chi connectivity index (χ1) is 14.2. The molecule has 3 aromatic rings. The molecule has 1 aliphatic heterocycles. The summed E-state index contributed by atoms with van der Waals surface area (Å²) in [4.78, 5) is 19.0. The average Bonchev–Trinajstić information content (AvgIpc) is 3.28.